The zero-order chi connectivity index (χ0) is 12.4. The molecule has 1 atom stereocenters. The molecule has 0 bridgehead atoms. The summed E-state index contributed by atoms with van der Waals surface area (Å²) in [5.41, 5.74) is 0.00653. The summed E-state index contributed by atoms with van der Waals surface area (Å²) in [4.78, 5) is 14.0. The molecule has 92 valence electrons. The Balaban J connectivity index is 2.06. The molecular formula is C12H14ClFN2O. The highest BCUT2D eigenvalue weighted by atomic mass is 35.5. The Kier molecular flexibility index (Phi) is 3.64. The Bertz CT molecular complexity index is 439. The zero-order valence-corrected chi connectivity index (χ0v) is 10.3. The summed E-state index contributed by atoms with van der Waals surface area (Å²) < 4.78 is 13.4. The molecule has 2 rings (SSSR count). The molecule has 1 aromatic rings. The van der Waals surface area contributed by atoms with Gasteiger partial charge in [0.25, 0.3) is 5.91 Å². The molecule has 1 aromatic carbocycles. The zero-order valence-electron chi connectivity index (χ0n) is 9.54. The highest BCUT2D eigenvalue weighted by Crippen LogP contribution is 2.15. The number of hydrogen-bond donors (Lipinski definition) is 1. The molecule has 1 unspecified atom stereocenters. The van der Waals surface area contributed by atoms with E-state index in [1.54, 1.807) is 0 Å². The molecule has 1 aliphatic heterocycles. The van der Waals surface area contributed by atoms with E-state index in [-0.39, 0.29) is 11.6 Å². The summed E-state index contributed by atoms with van der Waals surface area (Å²) in [5.74, 6) is -0.941. The second-order valence-corrected chi connectivity index (χ2v) is 4.78. The van der Waals surface area contributed by atoms with Crippen molar-refractivity contribution < 1.29 is 9.18 Å². The van der Waals surface area contributed by atoms with Crippen LogP contribution in [0.25, 0.3) is 0 Å². The van der Waals surface area contributed by atoms with Gasteiger partial charge in [-0.3, -0.25) is 4.79 Å². The van der Waals surface area contributed by atoms with Crippen molar-refractivity contribution in [1.82, 2.24) is 10.2 Å². The number of hydrogen-bond acceptors (Lipinski definition) is 2. The number of likely N-dealkylation sites (N-methyl/N-ethyl adjacent to an activating group) is 1. The van der Waals surface area contributed by atoms with Crippen LogP contribution in [0.5, 0.6) is 0 Å². The van der Waals surface area contributed by atoms with Crippen molar-refractivity contribution in [3.8, 4) is 0 Å². The van der Waals surface area contributed by atoms with E-state index in [0.717, 1.165) is 19.5 Å². The van der Waals surface area contributed by atoms with Gasteiger partial charge in [-0.25, -0.2) is 4.39 Å². The molecule has 0 aromatic heterocycles. The molecule has 0 aliphatic carbocycles. The van der Waals surface area contributed by atoms with Gasteiger partial charge in [0.05, 0.1) is 5.56 Å². The fourth-order valence-electron chi connectivity index (χ4n) is 1.99. The van der Waals surface area contributed by atoms with E-state index in [1.807, 2.05) is 7.05 Å². The fraction of sp³-hybridized carbons (Fsp3) is 0.417. The molecular weight excluding hydrogens is 243 g/mol. The predicted molar refractivity (Wildman–Crippen MR) is 64.8 cm³/mol. The van der Waals surface area contributed by atoms with Crippen molar-refractivity contribution in [3.05, 3.63) is 34.6 Å². The number of rotatable bonds is 2. The Morgan fingerprint density at radius 1 is 1.59 bits per heavy atom. The van der Waals surface area contributed by atoms with E-state index in [1.165, 1.54) is 18.2 Å². The molecule has 17 heavy (non-hydrogen) atoms. The van der Waals surface area contributed by atoms with Gasteiger partial charge < -0.3 is 10.2 Å². The topological polar surface area (TPSA) is 32.3 Å². The summed E-state index contributed by atoms with van der Waals surface area (Å²) in [7, 11) is 1.99. The number of benzene rings is 1. The quantitative estimate of drug-likeness (QED) is 0.877. The lowest BCUT2D eigenvalue weighted by atomic mass is 10.1. The summed E-state index contributed by atoms with van der Waals surface area (Å²) >= 11 is 5.75. The second kappa shape index (κ2) is 5.02. The van der Waals surface area contributed by atoms with Crippen LogP contribution in [0.3, 0.4) is 0 Å². The van der Waals surface area contributed by atoms with Gasteiger partial charge in [-0.05, 0) is 38.2 Å². The van der Waals surface area contributed by atoms with Gasteiger partial charge >= 0.3 is 0 Å². The summed E-state index contributed by atoms with van der Waals surface area (Å²) in [6, 6.07) is 4.07. The monoisotopic (exact) mass is 256 g/mol. The van der Waals surface area contributed by atoms with Crippen LogP contribution in [0.15, 0.2) is 18.2 Å². The van der Waals surface area contributed by atoms with E-state index >= 15 is 0 Å². The molecule has 1 heterocycles. The van der Waals surface area contributed by atoms with Gasteiger partial charge in [-0.1, -0.05) is 11.6 Å². The Hall–Kier alpha value is -1.13. The van der Waals surface area contributed by atoms with Crippen LogP contribution in [0.2, 0.25) is 5.02 Å². The van der Waals surface area contributed by atoms with E-state index < -0.39 is 11.7 Å². The molecule has 1 amide bonds. The van der Waals surface area contributed by atoms with Gasteiger partial charge in [0.1, 0.15) is 5.82 Å². The third-order valence-corrected chi connectivity index (χ3v) is 3.13. The molecule has 0 radical (unpaired) electrons. The normalized spacial score (nSPS) is 20.5. The molecule has 3 nitrogen and oxygen atoms in total. The van der Waals surface area contributed by atoms with Crippen LogP contribution in [0.1, 0.15) is 16.8 Å². The number of amides is 1. The number of carbonyl (C=O) groups is 1. The van der Waals surface area contributed by atoms with Crippen LogP contribution in [0.4, 0.5) is 4.39 Å². The lowest BCUT2D eigenvalue weighted by molar-refractivity contribution is 0.0934. The lowest BCUT2D eigenvalue weighted by Gasteiger charge is -2.13. The standard InChI is InChI=1S/C12H14ClFN2O/c1-16-5-4-9(7-16)15-12(17)10-6-8(13)2-3-11(10)14/h2-3,6,9H,4-5,7H2,1H3,(H,15,17). The Morgan fingerprint density at radius 3 is 3.00 bits per heavy atom. The predicted octanol–water partition coefficient (Wildman–Crippen LogP) is 1.91. The van der Waals surface area contributed by atoms with Crippen LogP contribution in [-0.2, 0) is 0 Å². The maximum Gasteiger partial charge on any atom is 0.254 e. The largest absolute Gasteiger partial charge is 0.348 e. The van der Waals surface area contributed by atoms with Gasteiger partial charge in [0, 0.05) is 17.6 Å². The minimum Gasteiger partial charge on any atom is -0.348 e. The van der Waals surface area contributed by atoms with E-state index in [0.29, 0.717) is 5.02 Å². The average molecular weight is 257 g/mol. The first-order valence-electron chi connectivity index (χ1n) is 5.50. The highest BCUT2D eigenvalue weighted by molar-refractivity contribution is 6.31. The van der Waals surface area contributed by atoms with E-state index in [2.05, 4.69) is 10.2 Å². The molecule has 0 spiro atoms. The summed E-state index contributed by atoms with van der Waals surface area (Å²) in [6.45, 7) is 1.75. The summed E-state index contributed by atoms with van der Waals surface area (Å²) in [6.07, 6.45) is 0.893. The average Bonchev–Trinajstić information content (AvgIpc) is 2.67. The number of nitrogens with one attached hydrogen (secondary N) is 1. The van der Waals surface area contributed by atoms with Gasteiger partial charge in [-0.2, -0.15) is 0 Å². The van der Waals surface area contributed by atoms with E-state index in [4.69, 9.17) is 11.6 Å². The molecule has 1 aliphatic rings. The van der Waals surface area contributed by atoms with Gasteiger partial charge in [-0.15, -0.1) is 0 Å². The van der Waals surface area contributed by atoms with Crippen LogP contribution >= 0.6 is 11.6 Å². The smallest absolute Gasteiger partial charge is 0.254 e. The molecule has 0 saturated carbocycles. The molecule has 5 heteroatoms. The van der Waals surface area contributed by atoms with Crippen molar-refractivity contribution in [2.24, 2.45) is 0 Å². The fourth-order valence-corrected chi connectivity index (χ4v) is 2.16. The molecule has 1 N–H and O–H groups in total. The molecule has 1 saturated heterocycles. The Labute approximate surface area is 105 Å². The third-order valence-electron chi connectivity index (χ3n) is 2.90. The molecule has 1 fully saturated rings. The first kappa shape index (κ1) is 12.3. The lowest BCUT2D eigenvalue weighted by Crippen LogP contribution is -2.36. The van der Waals surface area contributed by atoms with Crippen LogP contribution in [0, 0.1) is 5.82 Å². The Morgan fingerprint density at radius 2 is 2.35 bits per heavy atom. The van der Waals surface area contributed by atoms with E-state index in [9.17, 15) is 9.18 Å². The minimum absolute atomic E-state index is 0.00653. The van der Waals surface area contributed by atoms with Crippen molar-refractivity contribution >= 4 is 17.5 Å². The highest BCUT2D eigenvalue weighted by Gasteiger charge is 2.22. The third kappa shape index (κ3) is 2.96. The van der Waals surface area contributed by atoms with Crippen molar-refractivity contribution in [3.63, 3.8) is 0 Å². The number of likely N-dealkylation sites (tertiary alicyclic amines) is 1. The second-order valence-electron chi connectivity index (χ2n) is 4.35. The van der Waals surface area contributed by atoms with Gasteiger partial charge in [0.15, 0.2) is 0 Å². The maximum absolute atomic E-state index is 13.4. The number of nitrogens with zero attached hydrogens (tertiary/aromatic N) is 1. The summed E-state index contributed by atoms with van der Waals surface area (Å²) in [5, 5.41) is 3.18. The first-order valence-corrected chi connectivity index (χ1v) is 5.88. The van der Waals surface area contributed by atoms with Crippen molar-refractivity contribution in [1.29, 1.82) is 0 Å². The number of carbonyl (C=O) groups excluding carboxylic acids is 1. The van der Waals surface area contributed by atoms with Gasteiger partial charge in [0.2, 0.25) is 0 Å². The van der Waals surface area contributed by atoms with Crippen molar-refractivity contribution in [2.75, 3.05) is 20.1 Å². The SMILES string of the molecule is CN1CCC(NC(=O)c2cc(Cl)ccc2F)C1. The first-order chi connectivity index (χ1) is 8.06. The van der Waals surface area contributed by atoms with Crippen LogP contribution < -0.4 is 5.32 Å². The van der Waals surface area contributed by atoms with Crippen LogP contribution in [-0.4, -0.2) is 37.0 Å². The van der Waals surface area contributed by atoms with Crippen molar-refractivity contribution in [2.45, 2.75) is 12.5 Å². The number of halogens is 2. The minimum atomic E-state index is -0.543. The maximum atomic E-state index is 13.4.